The van der Waals surface area contributed by atoms with E-state index in [-0.39, 0.29) is 30.0 Å². The van der Waals surface area contributed by atoms with E-state index in [1.165, 1.54) is 0 Å². The van der Waals surface area contributed by atoms with Gasteiger partial charge in [0.1, 0.15) is 18.4 Å². The van der Waals surface area contributed by atoms with Gasteiger partial charge in [-0.3, -0.25) is 4.68 Å². The van der Waals surface area contributed by atoms with Gasteiger partial charge >= 0.3 is 0 Å². The SMILES string of the molecule is Cc1c(C(C)(C)C)nn(C2CCC(F)(F)CC2)c1-c1cc(OCc2ccccc2)c2c(C#N)nccc2n1. The number of alkyl halides is 2. The molecule has 0 N–H and O–H groups in total. The molecule has 0 spiro atoms. The van der Waals surface area contributed by atoms with Gasteiger partial charge in [0.25, 0.3) is 0 Å². The van der Waals surface area contributed by atoms with E-state index in [1.54, 1.807) is 12.3 Å². The highest BCUT2D eigenvalue weighted by Gasteiger charge is 2.38. The first-order valence-corrected chi connectivity index (χ1v) is 12.9. The van der Waals surface area contributed by atoms with Crippen LogP contribution in [0.1, 0.15) is 75.0 Å². The molecule has 0 aliphatic heterocycles. The van der Waals surface area contributed by atoms with E-state index in [4.69, 9.17) is 14.8 Å². The van der Waals surface area contributed by atoms with Gasteiger partial charge in [0.2, 0.25) is 5.92 Å². The first-order valence-electron chi connectivity index (χ1n) is 12.9. The summed E-state index contributed by atoms with van der Waals surface area (Å²) in [5, 5.41) is 15.3. The normalized spacial score (nSPS) is 15.9. The molecule has 5 rings (SSSR count). The van der Waals surface area contributed by atoms with Crippen LogP contribution in [0.25, 0.3) is 22.3 Å². The number of benzene rings is 1. The Kier molecular flexibility index (Phi) is 6.64. The minimum absolute atomic E-state index is 0.155. The number of aromatic nitrogens is 4. The van der Waals surface area contributed by atoms with Crippen molar-refractivity contribution < 1.29 is 13.5 Å². The van der Waals surface area contributed by atoms with Crippen LogP contribution < -0.4 is 4.74 Å². The van der Waals surface area contributed by atoms with Crippen LogP contribution in [0.3, 0.4) is 0 Å². The van der Waals surface area contributed by atoms with E-state index in [1.807, 2.05) is 48.0 Å². The number of fused-ring (bicyclic) bond motifs is 1. The molecule has 0 unspecified atom stereocenters. The Labute approximate surface area is 221 Å². The standard InChI is InChI=1S/C30H31F2N5O/c1-19-27(37(36-28(19)29(2,3)4)21-10-13-30(31,32)14-11-21)23-16-25(38-18-20-8-6-5-7-9-20)26-22(35-23)12-15-34-24(26)17-33/h5-9,12,15-16,21H,10-11,13-14,18H2,1-4H3. The summed E-state index contributed by atoms with van der Waals surface area (Å²) < 4.78 is 36.2. The van der Waals surface area contributed by atoms with Crippen LogP contribution >= 0.6 is 0 Å². The van der Waals surface area contributed by atoms with Gasteiger partial charge in [-0.05, 0) is 31.4 Å². The topological polar surface area (TPSA) is 76.6 Å². The number of hydrogen-bond acceptors (Lipinski definition) is 5. The number of ether oxygens (including phenoxy) is 1. The zero-order chi connectivity index (χ0) is 27.1. The molecule has 0 bridgehead atoms. The van der Waals surface area contributed by atoms with Crippen molar-refractivity contribution in [3.63, 3.8) is 0 Å². The molecule has 0 saturated heterocycles. The van der Waals surface area contributed by atoms with Crippen molar-refractivity contribution >= 4 is 10.9 Å². The predicted molar refractivity (Wildman–Crippen MR) is 142 cm³/mol. The fourth-order valence-corrected chi connectivity index (χ4v) is 5.27. The van der Waals surface area contributed by atoms with Gasteiger partial charge in [-0.2, -0.15) is 10.4 Å². The molecule has 6 nitrogen and oxygen atoms in total. The summed E-state index contributed by atoms with van der Waals surface area (Å²) in [7, 11) is 0. The Bertz CT molecular complexity index is 1510. The molecular weight excluding hydrogens is 484 g/mol. The van der Waals surface area contributed by atoms with Crippen LogP contribution in [0.4, 0.5) is 8.78 Å². The van der Waals surface area contributed by atoms with Crippen LogP contribution in [-0.4, -0.2) is 25.7 Å². The summed E-state index contributed by atoms with van der Waals surface area (Å²) in [6.45, 7) is 8.61. The van der Waals surface area contributed by atoms with Gasteiger partial charge < -0.3 is 4.74 Å². The molecule has 8 heteroatoms. The Hall–Kier alpha value is -3.86. The molecule has 38 heavy (non-hydrogen) atoms. The number of nitrogens with zero attached hydrogens (tertiary/aromatic N) is 5. The van der Waals surface area contributed by atoms with E-state index < -0.39 is 5.92 Å². The van der Waals surface area contributed by atoms with Crippen molar-refractivity contribution in [3.05, 3.63) is 71.2 Å². The van der Waals surface area contributed by atoms with Gasteiger partial charge in [-0.25, -0.2) is 18.7 Å². The molecule has 3 aromatic heterocycles. The van der Waals surface area contributed by atoms with Crippen molar-refractivity contribution in [2.45, 2.75) is 77.4 Å². The van der Waals surface area contributed by atoms with Crippen molar-refractivity contribution in [2.24, 2.45) is 0 Å². The summed E-state index contributed by atoms with van der Waals surface area (Å²) >= 11 is 0. The summed E-state index contributed by atoms with van der Waals surface area (Å²) in [5.74, 6) is -2.13. The fraction of sp³-hybridized carbons (Fsp3) is 0.400. The molecule has 0 amide bonds. The number of pyridine rings is 2. The molecule has 4 aromatic rings. The lowest BCUT2D eigenvalue weighted by Crippen LogP contribution is -2.27. The highest BCUT2D eigenvalue weighted by Crippen LogP contribution is 2.43. The highest BCUT2D eigenvalue weighted by atomic mass is 19.3. The van der Waals surface area contributed by atoms with Gasteiger partial charge in [0, 0.05) is 36.1 Å². The second-order valence-corrected chi connectivity index (χ2v) is 11.0. The van der Waals surface area contributed by atoms with E-state index in [2.05, 4.69) is 31.8 Å². The minimum Gasteiger partial charge on any atom is -0.488 e. The third kappa shape index (κ3) is 4.98. The van der Waals surface area contributed by atoms with Crippen molar-refractivity contribution in [2.75, 3.05) is 0 Å². The zero-order valence-electron chi connectivity index (χ0n) is 22.1. The Morgan fingerprint density at radius 1 is 1.13 bits per heavy atom. The summed E-state index contributed by atoms with van der Waals surface area (Å²) in [5.41, 5.74) is 4.86. The minimum atomic E-state index is -2.63. The number of nitriles is 1. The van der Waals surface area contributed by atoms with Crippen LogP contribution in [0, 0.1) is 18.3 Å². The van der Waals surface area contributed by atoms with E-state index in [9.17, 15) is 14.0 Å². The maximum absolute atomic E-state index is 14.0. The Morgan fingerprint density at radius 3 is 2.50 bits per heavy atom. The molecule has 1 aliphatic carbocycles. The summed E-state index contributed by atoms with van der Waals surface area (Å²) in [6.07, 6.45) is 1.94. The average Bonchev–Trinajstić information content (AvgIpc) is 3.24. The predicted octanol–water partition coefficient (Wildman–Crippen LogP) is 7.30. The quantitative estimate of drug-likeness (QED) is 0.279. The lowest BCUT2D eigenvalue weighted by Gasteiger charge is -2.29. The van der Waals surface area contributed by atoms with E-state index in [0.717, 1.165) is 22.5 Å². The van der Waals surface area contributed by atoms with Crippen molar-refractivity contribution in [1.29, 1.82) is 5.26 Å². The van der Waals surface area contributed by atoms with E-state index >= 15 is 0 Å². The van der Waals surface area contributed by atoms with Crippen LogP contribution in [0.5, 0.6) is 5.75 Å². The number of halogens is 2. The maximum Gasteiger partial charge on any atom is 0.248 e. The van der Waals surface area contributed by atoms with Gasteiger partial charge in [-0.1, -0.05) is 51.1 Å². The van der Waals surface area contributed by atoms with Gasteiger partial charge in [-0.15, -0.1) is 0 Å². The highest BCUT2D eigenvalue weighted by molar-refractivity contribution is 5.91. The third-order valence-electron chi connectivity index (χ3n) is 7.16. The second kappa shape index (κ2) is 9.79. The molecule has 3 heterocycles. The third-order valence-corrected chi connectivity index (χ3v) is 7.16. The largest absolute Gasteiger partial charge is 0.488 e. The molecule has 1 fully saturated rings. The van der Waals surface area contributed by atoms with Crippen LogP contribution in [0.15, 0.2) is 48.7 Å². The second-order valence-electron chi connectivity index (χ2n) is 11.0. The lowest BCUT2D eigenvalue weighted by atomic mass is 9.88. The molecule has 1 aromatic carbocycles. The first-order chi connectivity index (χ1) is 18.1. The van der Waals surface area contributed by atoms with Gasteiger partial charge in [0.15, 0.2) is 5.69 Å². The smallest absolute Gasteiger partial charge is 0.248 e. The van der Waals surface area contributed by atoms with Crippen LogP contribution in [-0.2, 0) is 12.0 Å². The first kappa shape index (κ1) is 25.8. The molecule has 1 aliphatic rings. The monoisotopic (exact) mass is 515 g/mol. The van der Waals surface area contributed by atoms with Crippen molar-refractivity contribution in [1.82, 2.24) is 19.7 Å². The molecule has 0 radical (unpaired) electrons. The van der Waals surface area contributed by atoms with Crippen LogP contribution in [0.2, 0.25) is 0 Å². The zero-order valence-corrected chi connectivity index (χ0v) is 22.1. The summed E-state index contributed by atoms with van der Waals surface area (Å²) in [4.78, 5) is 9.16. The number of rotatable bonds is 5. The van der Waals surface area contributed by atoms with Crippen molar-refractivity contribution in [3.8, 4) is 23.2 Å². The lowest BCUT2D eigenvalue weighted by molar-refractivity contribution is -0.0448. The number of hydrogen-bond donors (Lipinski definition) is 0. The Morgan fingerprint density at radius 2 is 1.84 bits per heavy atom. The molecule has 196 valence electrons. The molecular formula is C30H31F2N5O. The van der Waals surface area contributed by atoms with E-state index in [0.29, 0.717) is 41.8 Å². The Balaban J connectivity index is 1.67. The molecule has 0 atom stereocenters. The molecule has 1 saturated carbocycles. The summed E-state index contributed by atoms with van der Waals surface area (Å²) in [6, 6.07) is 15.4. The average molecular weight is 516 g/mol. The fourth-order valence-electron chi connectivity index (χ4n) is 5.27. The van der Waals surface area contributed by atoms with Gasteiger partial charge in [0.05, 0.1) is 34.0 Å². The maximum atomic E-state index is 14.0.